The Morgan fingerprint density at radius 1 is 1.10 bits per heavy atom. The molecule has 0 saturated carbocycles. The number of nitrogens with zero attached hydrogens (tertiary/aromatic N) is 1. The van der Waals surface area contributed by atoms with Crippen LogP contribution in [0.2, 0.25) is 0 Å². The van der Waals surface area contributed by atoms with Crippen molar-refractivity contribution in [3.63, 3.8) is 0 Å². The number of carbonyl (C=O) groups is 2. The van der Waals surface area contributed by atoms with Gasteiger partial charge in [-0.25, -0.2) is 4.39 Å². The van der Waals surface area contributed by atoms with Crippen molar-refractivity contribution < 1.29 is 14.0 Å². The number of halogens is 1. The number of benzene rings is 2. The molecule has 0 bridgehead atoms. The summed E-state index contributed by atoms with van der Waals surface area (Å²) in [7, 11) is 1.74. The highest BCUT2D eigenvalue weighted by atomic mass is 19.1. The fourth-order valence-corrected chi connectivity index (χ4v) is 3.16. The van der Waals surface area contributed by atoms with Crippen LogP contribution in [0.25, 0.3) is 10.9 Å². The molecule has 2 amide bonds. The first kappa shape index (κ1) is 20.4. The van der Waals surface area contributed by atoms with Crippen molar-refractivity contribution in [3.8, 4) is 0 Å². The van der Waals surface area contributed by atoms with Gasteiger partial charge in [0.25, 0.3) is 5.91 Å². The van der Waals surface area contributed by atoms with Crippen molar-refractivity contribution in [3.05, 3.63) is 60.0 Å². The van der Waals surface area contributed by atoms with Crippen molar-refractivity contribution in [2.24, 2.45) is 0 Å². The average molecular weight is 396 g/mol. The van der Waals surface area contributed by atoms with E-state index in [1.54, 1.807) is 36.2 Å². The van der Waals surface area contributed by atoms with Crippen LogP contribution in [0.3, 0.4) is 0 Å². The molecule has 29 heavy (non-hydrogen) atoms. The van der Waals surface area contributed by atoms with Crippen LogP contribution in [0.5, 0.6) is 0 Å². The second kappa shape index (κ2) is 9.23. The molecular weight excluding hydrogens is 371 g/mol. The summed E-state index contributed by atoms with van der Waals surface area (Å²) in [6.45, 7) is 0.579. The van der Waals surface area contributed by atoms with Crippen molar-refractivity contribution in [1.29, 1.82) is 0 Å². The second-order valence-electron chi connectivity index (χ2n) is 7.09. The number of hydrogen-bond donors (Lipinski definition) is 3. The van der Waals surface area contributed by atoms with Gasteiger partial charge in [0, 0.05) is 30.9 Å². The van der Waals surface area contributed by atoms with Gasteiger partial charge in [-0.1, -0.05) is 18.6 Å². The molecule has 0 saturated heterocycles. The first-order chi connectivity index (χ1) is 13.9. The maximum Gasteiger partial charge on any atom is 0.270 e. The lowest BCUT2D eigenvalue weighted by atomic mass is 10.1. The number of unbranched alkanes of at least 4 members (excludes halogenated alkanes) is 2. The maximum absolute atomic E-state index is 13.3. The molecule has 0 unspecified atom stereocenters. The quantitative estimate of drug-likeness (QED) is 0.394. The fourth-order valence-electron chi connectivity index (χ4n) is 3.16. The number of para-hydroxylation sites is 2. The molecule has 3 aromatic rings. The number of nitrogen functional groups attached to an aromatic ring is 1. The Labute approximate surface area is 168 Å². The molecule has 0 fully saturated rings. The van der Waals surface area contributed by atoms with Gasteiger partial charge in [-0.15, -0.1) is 0 Å². The summed E-state index contributed by atoms with van der Waals surface area (Å²) < 4.78 is 13.3. The van der Waals surface area contributed by atoms with E-state index in [2.05, 4.69) is 10.3 Å². The summed E-state index contributed by atoms with van der Waals surface area (Å²) in [4.78, 5) is 29.2. The normalized spacial score (nSPS) is 10.8. The van der Waals surface area contributed by atoms with Gasteiger partial charge in [0.1, 0.15) is 11.5 Å². The number of aromatic nitrogens is 1. The molecule has 1 heterocycles. The van der Waals surface area contributed by atoms with Crippen LogP contribution in [-0.4, -0.2) is 35.3 Å². The fraction of sp³-hybridized carbons (Fsp3) is 0.273. The molecule has 4 N–H and O–H groups in total. The molecule has 152 valence electrons. The number of anilines is 2. The van der Waals surface area contributed by atoms with E-state index in [9.17, 15) is 14.0 Å². The minimum Gasteiger partial charge on any atom is -0.397 e. The zero-order chi connectivity index (χ0) is 20.8. The highest BCUT2D eigenvalue weighted by Gasteiger charge is 2.14. The zero-order valence-electron chi connectivity index (χ0n) is 16.4. The predicted octanol–water partition coefficient (Wildman–Crippen LogP) is 4.16. The number of hydrogen-bond acceptors (Lipinski definition) is 3. The minimum absolute atomic E-state index is 0.0716. The van der Waals surface area contributed by atoms with Gasteiger partial charge in [0.05, 0.1) is 11.4 Å². The number of nitrogens with two attached hydrogens (primary N) is 1. The molecule has 2 aromatic carbocycles. The monoisotopic (exact) mass is 396 g/mol. The lowest BCUT2D eigenvalue weighted by Crippen LogP contribution is -2.28. The summed E-state index contributed by atoms with van der Waals surface area (Å²) in [6.07, 6.45) is 2.75. The van der Waals surface area contributed by atoms with E-state index in [1.807, 2.05) is 12.1 Å². The third kappa shape index (κ3) is 5.34. The molecule has 0 spiro atoms. The number of fused-ring (bicyclic) bond motifs is 1. The standard InChI is InChI=1S/C22H25FN4O2/c1-27(22(29)20-14-15-13-16(23)10-11-18(15)25-20)12-6-2-3-9-21(28)26-19-8-5-4-7-17(19)24/h4-5,7-8,10-11,13-14,25H,2-3,6,9,12,24H2,1H3,(H,26,28). The first-order valence-corrected chi connectivity index (χ1v) is 9.62. The summed E-state index contributed by atoms with van der Waals surface area (Å²) in [5.74, 6) is -0.542. The Morgan fingerprint density at radius 2 is 1.90 bits per heavy atom. The highest BCUT2D eigenvalue weighted by molar-refractivity contribution is 5.98. The molecule has 0 aliphatic rings. The lowest BCUT2D eigenvalue weighted by Gasteiger charge is -2.16. The molecule has 0 aliphatic heterocycles. The van der Waals surface area contributed by atoms with Crippen LogP contribution >= 0.6 is 0 Å². The van der Waals surface area contributed by atoms with Gasteiger partial charge in [-0.2, -0.15) is 0 Å². The molecule has 3 rings (SSSR count). The summed E-state index contributed by atoms with van der Waals surface area (Å²) >= 11 is 0. The number of aromatic amines is 1. The Balaban J connectivity index is 1.40. The highest BCUT2D eigenvalue weighted by Crippen LogP contribution is 2.19. The molecular formula is C22H25FN4O2. The van der Waals surface area contributed by atoms with Crippen LogP contribution in [-0.2, 0) is 4.79 Å². The van der Waals surface area contributed by atoms with Crippen LogP contribution in [0.4, 0.5) is 15.8 Å². The zero-order valence-corrected chi connectivity index (χ0v) is 16.4. The number of amides is 2. The third-order valence-corrected chi connectivity index (χ3v) is 4.79. The maximum atomic E-state index is 13.3. The van der Waals surface area contributed by atoms with Gasteiger partial charge in [0.2, 0.25) is 5.91 Å². The predicted molar refractivity (Wildman–Crippen MR) is 113 cm³/mol. The van der Waals surface area contributed by atoms with E-state index in [1.165, 1.54) is 12.1 Å². The minimum atomic E-state index is -0.331. The summed E-state index contributed by atoms with van der Waals surface area (Å²) in [6, 6.07) is 13.2. The molecule has 6 nitrogen and oxygen atoms in total. The van der Waals surface area contributed by atoms with Crippen molar-refractivity contribution in [2.45, 2.75) is 25.7 Å². The lowest BCUT2D eigenvalue weighted by molar-refractivity contribution is -0.116. The van der Waals surface area contributed by atoms with E-state index >= 15 is 0 Å². The van der Waals surface area contributed by atoms with E-state index in [4.69, 9.17) is 5.73 Å². The SMILES string of the molecule is CN(CCCCCC(=O)Nc1ccccc1N)C(=O)c1cc2cc(F)ccc2[nH]1. The summed E-state index contributed by atoms with van der Waals surface area (Å²) in [5.41, 5.74) is 8.15. The molecule has 0 radical (unpaired) electrons. The van der Waals surface area contributed by atoms with Crippen molar-refractivity contribution in [1.82, 2.24) is 9.88 Å². The Hall–Kier alpha value is -3.35. The van der Waals surface area contributed by atoms with Gasteiger partial charge in [-0.3, -0.25) is 9.59 Å². The third-order valence-electron chi connectivity index (χ3n) is 4.79. The number of rotatable bonds is 8. The molecule has 7 heteroatoms. The van der Waals surface area contributed by atoms with Crippen molar-refractivity contribution in [2.75, 3.05) is 24.6 Å². The molecule has 1 aromatic heterocycles. The van der Waals surface area contributed by atoms with Gasteiger partial charge in [-0.05, 0) is 49.2 Å². The average Bonchev–Trinajstić information content (AvgIpc) is 3.11. The van der Waals surface area contributed by atoms with Crippen LogP contribution in [0, 0.1) is 5.82 Å². The largest absolute Gasteiger partial charge is 0.397 e. The Kier molecular flexibility index (Phi) is 6.49. The summed E-state index contributed by atoms with van der Waals surface area (Å²) in [5, 5.41) is 3.48. The van der Waals surface area contributed by atoms with Gasteiger partial charge >= 0.3 is 0 Å². The van der Waals surface area contributed by atoms with Gasteiger partial charge in [0.15, 0.2) is 0 Å². The second-order valence-corrected chi connectivity index (χ2v) is 7.09. The van der Waals surface area contributed by atoms with Crippen LogP contribution < -0.4 is 11.1 Å². The number of H-pyrrole nitrogens is 1. The topological polar surface area (TPSA) is 91.2 Å². The van der Waals surface area contributed by atoms with Crippen LogP contribution in [0.1, 0.15) is 36.2 Å². The van der Waals surface area contributed by atoms with Crippen LogP contribution in [0.15, 0.2) is 48.5 Å². The van der Waals surface area contributed by atoms with Crippen molar-refractivity contribution >= 4 is 34.1 Å². The van der Waals surface area contributed by atoms with Gasteiger partial charge < -0.3 is 20.9 Å². The first-order valence-electron chi connectivity index (χ1n) is 9.62. The number of nitrogens with one attached hydrogen (secondary N) is 2. The smallest absolute Gasteiger partial charge is 0.270 e. The van der Waals surface area contributed by atoms with E-state index in [0.717, 1.165) is 24.8 Å². The Bertz CT molecular complexity index is 1010. The van der Waals surface area contributed by atoms with E-state index in [0.29, 0.717) is 35.4 Å². The van der Waals surface area contributed by atoms with E-state index < -0.39 is 0 Å². The molecule has 0 atom stereocenters. The van der Waals surface area contributed by atoms with E-state index in [-0.39, 0.29) is 17.6 Å². The Morgan fingerprint density at radius 3 is 2.69 bits per heavy atom. The molecule has 0 aliphatic carbocycles. The number of carbonyl (C=O) groups excluding carboxylic acids is 2.